The van der Waals surface area contributed by atoms with Crippen molar-refractivity contribution in [2.45, 2.75) is 54.5 Å². The SMILES string of the molecule is CC(C)C(=O)NC(C(=O)C(C)(C)C)C(C)C. The van der Waals surface area contributed by atoms with Gasteiger partial charge in [-0.15, -0.1) is 0 Å². The molecule has 0 aromatic heterocycles. The largest absolute Gasteiger partial charge is 0.346 e. The molecule has 0 spiro atoms. The van der Waals surface area contributed by atoms with Crippen LogP contribution in [-0.4, -0.2) is 17.7 Å². The highest BCUT2D eigenvalue weighted by atomic mass is 16.2. The van der Waals surface area contributed by atoms with Crippen molar-refractivity contribution in [1.29, 1.82) is 0 Å². The third kappa shape index (κ3) is 4.33. The van der Waals surface area contributed by atoms with E-state index >= 15 is 0 Å². The number of carbonyl (C=O) groups excluding carboxylic acids is 2. The lowest BCUT2D eigenvalue weighted by atomic mass is 9.82. The molecule has 0 aliphatic rings. The number of ketones is 1. The fraction of sp³-hybridized carbons (Fsp3) is 0.846. The Hall–Kier alpha value is -0.860. The molecule has 0 saturated carbocycles. The van der Waals surface area contributed by atoms with Crippen LogP contribution in [0.1, 0.15) is 48.5 Å². The molecule has 16 heavy (non-hydrogen) atoms. The van der Waals surface area contributed by atoms with Crippen molar-refractivity contribution in [2.75, 3.05) is 0 Å². The number of amides is 1. The average Bonchev–Trinajstić information content (AvgIpc) is 2.10. The van der Waals surface area contributed by atoms with Gasteiger partial charge in [-0.05, 0) is 5.92 Å². The number of nitrogens with one attached hydrogen (secondary N) is 1. The monoisotopic (exact) mass is 227 g/mol. The minimum atomic E-state index is -0.417. The predicted octanol–water partition coefficient (Wildman–Crippen LogP) is 2.40. The van der Waals surface area contributed by atoms with E-state index in [1.54, 1.807) is 0 Å². The fourth-order valence-electron chi connectivity index (χ4n) is 1.32. The molecule has 0 radical (unpaired) electrons. The van der Waals surface area contributed by atoms with Crippen molar-refractivity contribution >= 4 is 11.7 Å². The highest BCUT2D eigenvalue weighted by molar-refractivity contribution is 5.92. The Bertz CT molecular complexity index is 262. The van der Waals surface area contributed by atoms with E-state index in [1.165, 1.54) is 0 Å². The molecule has 1 amide bonds. The van der Waals surface area contributed by atoms with Gasteiger partial charge in [-0.25, -0.2) is 0 Å². The predicted molar refractivity (Wildman–Crippen MR) is 66.1 cm³/mol. The van der Waals surface area contributed by atoms with Gasteiger partial charge < -0.3 is 5.32 Å². The van der Waals surface area contributed by atoms with Gasteiger partial charge in [0.05, 0.1) is 6.04 Å². The Labute approximate surface area is 99.0 Å². The van der Waals surface area contributed by atoms with Crippen molar-refractivity contribution in [2.24, 2.45) is 17.3 Å². The quantitative estimate of drug-likeness (QED) is 0.801. The van der Waals surface area contributed by atoms with Crippen LogP contribution in [0, 0.1) is 17.3 Å². The van der Waals surface area contributed by atoms with Gasteiger partial charge >= 0.3 is 0 Å². The van der Waals surface area contributed by atoms with Gasteiger partial charge in [0.25, 0.3) is 0 Å². The highest BCUT2D eigenvalue weighted by Crippen LogP contribution is 2.20. The molecular weight excluding hydrogens is 202 g/mol. The number of carbonyl (C=O) groups is 2. The Morgan fingerprint density at radius 2 is 1.44 bits per heavy atom. The molecule has 1 N–H and O–H groups in total. The molecule has 3 heteroatoms. The minimum Gasteiger partial charge on any atom is -0.346 e. The second kappa shape index (κ2) is 5.46. The first-order chi connectivity index (χ1) is 7.07. The standard InChI is InChI=1S/C13H25NO2/c1-8(2)10(11(15)13(5,6)7)14-12(16)9(3)4/h8-10H,1-7H3,(H,14,16). The van der Waals surface area contributed by atoms with Crippen LogP contribution in [0.15, 0.2) is 0 Å². The maximum Gasteiger partial charge on any atom is 0.223 e. The summed E-state index contributed by atoms with van der Waals surface area (Å²) in [6, 6.07) is -0.380. The summed E-state index contributed by atoms with van der Waals surface area (Å²) in [4.78, 5) is 23.8. The van der Waals surface area contributed by atoms with Gasteiger partial charge in [0, 0.05) is 11.3 Å². The Kier molecular flexibility index (Phi) is 5.17. The average molecular weight is 227 g/mol. The van der Waals surface area contributed by atoms with Crippen molar-refractivity contribution in [3.8, 4) is 0 Å². The van der Waals surface area contributed by atoms with E-state index in [1.807, 2.05) is 48.5 Å². The lowest BCUT2D eigenvalue weighted by molar-refractivity contribution is -0.134. The fourth-order valence-corrected chi connectivity index (χ4v) is 1.32. The van der Waals surface area contributed by atoms with Crippen molar-refractivity contribution in [1.82, 2.24) is 5.32 Å². The van der Waals surface area contributed by atoms with Gasteiger partial charge in [-0.2, -0.15) is 0 Å². The van der Waals surface area contributed by atoms with E-state index in [2.05, 4.69) is 5.32 Å². The molecule has 0 fully saturated rings. The lowest BCUT2D eigenvalue weighted by Crippen LogP contribution is -2.49. The van der Waals surface area contributed by atoms with E-state index in [0.717, 1.165) is 0 Å². The first-order valence-corrected chi connectivity index (χ1v) is 5.92. The summed E-state index contributed by atoms with van der Waals surface area (Å²) < 4.78 is 0. The van der Waals surface area contributed by atoms with Crippen LogP contribution in [0.25, 0.3) is 0 Å². The molecule has 1 atom stereocenters. The summed E-state index contributed by atoms with van der Waals surface area (Å²) in [5.41, 5.74) is -0.417. The topological polar surface area (TPSA) is 46.2 Å². The van der Waals surface area contributed by atoms with Gasteiger partial charge in [0.15, 0.2) is 5.78 Å². The third-order valence-corrected chi connectivity index (χ3v) is 2.51. The Balaban J connectivity index is 4.77. The maximum atomic E-state index is 12.1. The molecule has 0 heterocycles. The second-order valence-corrected chi connectivity index (χ2v) is 6.00. The number of Topliss-reactive ketones (excluding diaryl/α,β-unsaturated/α-hetero) is 1. The molecule has 94 valence electrons. The molecule has 0 aromatic rings. The summed E-state index contributed by atoms with van der Waals surface area (Å²) >= 11 is 0. The summed E-state index contributed by atoms with van der Waals surface area (Å²) in [5.74, 6) is 0.0660. The molecule has 1 unspecified atom stereocenters. The van der Waals surface area contributed by atoms with E-state index in [-0.39, 0.29) is 29.6 Å². The summed E-state index contributed by atoms with van der Waals surface area (Å²) in [5, 5.41) is 2.83. The van der Waals surface area contributed by atoms with Crippen molar-refractivity contribution in [3.05, 3.63) is 0 Å². The van der Waals surface area contributed by atoms with Crippen LogP contribution in [-0.2, 0) is 9.59 Å². The van der Waals surface area contributed by atoms with Gasteiger partial charge in [-0.1, -0.05) is 48.5 Å². The Morgan fingerprint density at radius 1 is 1.00 bits per heavy atom. The summed E-state index contributed by atoms with van der Waals surface area (Å²) in [6.45, 7) is 13.2. The van der Waals surface area contributed by atoms with E-state index in [0.29, 0.717) is 0 Å². The summed E-state index contributed by atoms with van der Waals surface area (Å²) in [6.07, 6.45) is 0. The zero-order valence-corrected chi connectivity index (χ0v) is 11.5. The maximum absolute atomic E-state index is 12.1. The van der Waals surface area contributed by atoms with Crippen LogP contribution in [0.2, 0.25) is 0 Å². The van der Waals surface area contributed by atoms with Crippen LogP contribution in [0.5, 0.6) is 0 Å². The normalized spacial score (nSPS) is 14.1. The van der Waals surface area contributed by atoms with Crippen LogP contribution < -0.4 is 5.32 Å². The van der Waals surface area contributed by atoms with Crippen molar-refractivity contribution in [3.63, 3.8) is 0 Å². The molecule has 3 nitrogen and oxygen atoms in total. The number of hydrogen-bond acceptors (Lipinski definition) is 2. The van der Waals surface area contributed by atoms with E-state index in [4.69, 9.17) is 0 Å². The molecule has 0 aliphatic carbocycles. The smallest absolute Gasteiger partial charge is 0.223 e. The van der Waals surface area contributed by atoms with Gasteiger partial charge in [-0.3, -0.25) is 9.59 Å². The lowest BCUT2D eigenvalue weighted by Gasteiger charge is -2.28. The zero-order valence-electron chi connectivity index (χ0n) is 11.5. The first-order valence-electron chi connectivity index (χ1n) is 5.92. The molecule has 0 bridgehead atoms. The van der Waals surface area contributed by atoms with E-state index in [9.17, 15) is 9.59 Å². The number of hydrogen-bond donors (Lipinski definition) is 1. The molecule has 0 aliphatic heterocycles. The van der Waals surface area contributed by atoms with Crippen molar-refractivity contribution < 1.29 is 9.59 Å². The first kappa shape index (κ1) is 15.1. The Morgan fingerprint density at radius 3 is 1.69 bits per heavy atom. The van der Waals surface area contributed by atoms with E-state index < -0.39 is 5.41 Å². The molecule has 0 saturated heterocycles. The molecule has 0 aromatic carbocycles. The number of rotatable bonds is 4. The van der Waals surface area contributed by atoms with Gasteiger partial charge in [0.1, 0.15) is 0 Å². The molecular formula is C13H25NO2. The summed E-state index contributed by atoms with van der Waals surface area (Å²) in [7, 11) is 0. The second-order valence-electron chi connectivity index (χ2n) is 6.00. The van der Waals surface area contributed by atoms with Crippen LogP contribution in [0.3, 0.4) is 0 Å². The molecule has 0 rings (SSSR count). The highest BCUT2D eigenvalue weighted by Gasteiger charge is 2.32. The van der Waals surface area contributed by atoms with Crippen LogP contribution >= 0.6 is 0 Å². The minimum absolute atomic E-state index is 0.0590. The van der Waals surface area contributed by atoms with Gasteiger partial charge in [0.2, 0.25) is 5.91 Å². The third-order valence-electron chi connectivity index (χ3n) is 2.51. The zero-order chi connectivity index (χ0) is 13.1. The van der Waals surface area contributed by atoms with Crippen LogP contribution in [0.4, 0.5) is 0 Å².